The van der Waals surface area contributed by atoms with Crippen LogP contribution in [0.3, 0.4) is 0 Å². The van der Waals surface area contributed by atoms with Gasteiger partial charge in [0, 0.05) is 6.20 Å². The van der Waals surface area contributed by atoms with Crippen LogP contribution in [-0.4, -0.2) is 48.5 Å². The molecule has 1 aromatic carbocycles. The first-order valence-electron chi connectivity index (χ1n) is 7.81. The summed E-state index contributed by atoms with van der Waals surface area (Å²) in [6.07, 6.45) is -0.340. The molecule has 0 saturated carbocycles. The Labute approximate surface area is 145 Å². The van der Waals surface area contributed by atoms with Crippen LogP contribution in [0.4, 0.5) is 9.59 Å². The van der Waals surface area contributed by atoms with Gasteiger partial charge in [0.05, 0.1) is 25.9 Å². The predicted octanol–water partition coefficient (Wildman–Crippen LogP) is 2.63. The molecule has 0 bridgehead atoms. The predicted molar refractivity (Wildman–Crippen MR) is 87.0 cm³/mol. The number of methoxy groups -OCH3 is 1. The van der Waals surface area contributed by atoms with Crippen molar-refractivity contribution in [1.29, 1.82) is 0 Å². The van der Waals surface area contributed by atoms with E-state index in [1.807, 2.05) is 0 Å². The molecule has 2 rings (SSSR count). The quantitative estimate of drug-likeness (QED) is 0.614. The van der Waals surface area contributed by atoms with E-state index in [-0.39, 0.29) is 18.8 Å². The number of esters is 1. The number of carbonyl (C=O) groups excluding carboxylic acids is 3. The number of amides is 2. The van der Waals surface area contributed by atoms with Gasteiger partial charge in [0.25, 0.3) is 0 Å². The summed E-state index contributed by atoms with van der Waals surface area (Å²) in [7, 11) is 1.23. The number of rotatable bonds is 4. The van der Waals surface area contributed by atoms with E-state index in [1.165, 1.54) is 13.3 Å². The van der Waals surface area contributed by atoms with Crippen molar-refractivity contribution < 1.29 is 28.6 Å². The molecule has 0 aliphatic carbocycles. The Hall–Kier alpha value is -3.03. The van der Waals surface area contributed by atoms with Crippen molar-refractivity contribution >= 4 is 18.2 Å². The molecule has 1 aromatic rings. The average molecular weight is 348 g/mol. The average Bonchev–Trinajstić information content (AvgIpc) is 3.03. The fourth-order valence-corrected chi connectivity index (χ4v) is 2.47. The highest BCUT2D eigenvalue weighted by molar-refractivity contribution is 5.93. The van der Waals surface area contributed by atoms with Crippen molar-refractivity contribution in [2.75, 3.05) is 20.3 Å². The van der Waals surface area contributed by atoms with Crippen LogP contribution in [0.15, 0.2) is 42.1 Å². The Morgan fingerprint density at radius 3 is 2.16 bits per heavy atom. The summed E-state index contributed by atoms with van der Waals surface area (Å²) in [6, 6.07) is 7.95. The summed E-state index contributed by atoms with van der Waals surface area (Å²) in [6.45, 7) is 3.52. The van der Waals surface area contributed by atoms with Gasteiger partial charge in [-0.25, -0.2) is 14.4 Å². The molecule has 0 fully saturated rings. The number of hydrazine groups is 1. The van der Waals surface area contributed by atoms with Gasteiger partial charge >= 0.3 is 18.2 Å². The van der Waals surface area contributed by atoms with E-state index in [0.29, 0.717) is 5.56 Å². The van der Waals surface area contributed by atoms with Crippen molar-refractivity contribution in [1.82, 2.24) is 10.0 Å². The molecule has 0 spiro atoms. The lowest BCUT2D eigenvalue weighted by molar-refractivity contribution is -0.136. The van der Waals surface area contributed by atoms with Gasteiger partial charge in [0.2, 0.25) is 0 Å². The molecule has 134 valence electrons. The second-order valence-electron chi connectivity index (χ2n) is 4.98. The van der Waals surface area contributed by atoms with Crippen LogP contribution in [-0.2, 0) is 19.0 Å². The monoisotopic (exact) mass is 348 g/mol. The third-order valence-electron chi connectivity index (χ3n) is 3.48. The first-order chi connectivity index (χ1) is 12.0. The molecule has 8 heteroatoms. The number of hydrogen-bond acceptors (Lipinski definition) is 6. The van der Waals surface area contributed by atoms with Crippen molar-refractivity contribution in [3.8, 4) is 0 Å². The summed E-state index contributed by atoms with van der Waals surface area (Å²) in [4.78, 5) is 36.9. The molecule has 0 aromatic heterocycles. The Morgan fingerprint density at radius 2 is 1.60 bits per heavy atom. The van der Waals surface area contributed by atoms with Crippen LogP contribution < -0.4 is 0 Å². The zero-order valence-electron chi connectivity index (χ0n) is 14.3. The molecule has 0 saturated heterocycles. The van der Waals surface area contributed by atoms with Crippen LogP contribution in [0.25, 0.3) is 0 Å². The van der Waals surface area contributed by atoms with Crippen LogP contribution in [0.1, 0.15) is 25.5 Å². The van der Waals surface area contributed by atoms with Crippen LogP contribution in [0.5, 0.6) is 0 Å². The fourth-order valence-electron chi connectivity index (χ4n) is 2.47. The summed E-state index contributed by atoms with van der Waals surface area (Å²) in [5.74, 6) is -0.657. The lowest BCUT2D eigenvalue weighted by Gasteiger charge is -2.31. The number of carbonyl (C=O) groups is 3. The second kappa shape index (κ2) is 8.18. The second-order valence-corrected chi connectivity index (χ2v) is 4.98. The highest BCUT2D eigenvalue weighted by Gasteiger charge is 2.45. The maximum atomic E-state index is 12.5. The first-order valence-corrected chi connectivity index (χ1v) is 7.81. The molecule has 8 nitrogen and oxygen atoms in total. The van der Waals surface area contributed by atoms with Gasteiger partial charge in [-0.2, -0.15) is 10.0 Å². The zero-order chi connectivity index (χ0) is 18.4. The van der Waals surface area contributed by atoms with E-state index in [9.17, 15) is 14.4 Å². The van der Waals surface area contributed by atoms with Crippen molar-refractivity contribution in [2.24, 2.45) is 0 Å². The molecule has 25 heavy (non-hydrogen) atoms. The van der Waals surface area contributed by atoms with E-state index < -0.39 is 24.2 Å². The minimum atomic E-state index is -0.864. The minimum absolute atomic E-state index is 0.112. The van der Waals surface area contributed by atoms with E-state index >= 15 is 0 Å². The number of benzene rings is 1. The van der Waals surface area contributed by atoms with Crippen LogP contribution in [0.2, 0.25) is 0 Å². The molecule has 1 aliphatic heterocycles. The normalized spacial score (nSPS) is 16.3. The molecule has 1 atom stereocenters. The van der Waals surface area contributed by atoms with Gasteiger partial charge in [0.1, 0.15) is 6.04 Å². The molecule has 0 N–H and O–H groups in total. The number of nitrogens with zero attached hydrogens (tertiary/aromatic N) is 2. The van der Waals surface area contributed by atoms with Gasteiger partial charge < -0.3 is 14.2 Å². The summed E-state index contributed by atoms with van der Waals surface area (Å²) < 4.78 is 14.8. The van der Waals surface area contributed by atoms with E-state index in [1.54, 1.807) is 44.2 Å². The van der Waals surface area contributed by atoms with Gasteiger partial charge in [-0.15, -0.1) is 0 Å². The third kappa shape index (κ3) is 3.73. The third-order valence-corrected chi connectivity index (χ3v) is 3.48. The molecule has 1 unspecified atom stereocenters. The maximum Gasteiger partial charge on any atom is 0.433 e. The van der Waals surface area contributed by atoms with Crippen molar-refractivity contribution in [3.63, 3.8) is 0 Å². The minimum Gasteiger partial charge on any atom is -0.466 e. The van der Waals surface area contributed by atoms with Crippen molar-refractivity contribution in [2.45, 2.75) is 19.9 Å². The Bertz CT molecular complexity index is 673. The zero-order valence-corrected chi connectivity index (χ0v) is 14.3. The number of hydrogen-bond donors (Lipinski definition) is 0. The smallest absolute Gasteiger partial charge is 0.433 e. The SMILES string of the molecule is CCOC(=O)N1C=C(C(=O)OC)C(c2ccccc2)N1C(=O)OCC. The number of ether oxygens (including phenoxy) is 3. The van der Waals surface area contributed by atoms with Gasteiger partial charge in [0.15, 0.2) is 0 Å². The van der Waals surface area contributed by atoms with Gasteiger partial charge in [-0.05, 0) is 19.4 Å². The lowest BCUT2D eigenvalue weighted by Crippen LogP contribution is -2.46. The lowest BCUT2D eigenvalue weighted by atomic mass is 10.0. The van der Waals surface area contributed by atoms with Crippen molar-refractivity contribution in [3.05, 3.63) is 47.7 Å². The molecule has 1 aliphatic rings. The highest BCUT2D eigenvalue weighted by Crippen LogP contribution is 2.37. The van der Waals surface area contributed by atoms with Crippen LogP contribution in [0, 0.1) is 0 Å². The molecular formula is C17H20N2O6. The molecule has 2 amide bonds. The van der Waals surface area contributed by atoms with Gasteiger partial charge in [-0.1, -0.05) is 30.3 Å². The molecular weight excluding hydrogens is 328 g/mol. The van der Waals surface area contributed by atoms with E-state index in [4.69, 9.17) is 14.2 Å². The molecule has 1 heterocycles. The summed E-state index contributed by atoms with van der Waals surface area (Å²) in [5.41, 5.74) is 0.744. The largest absolute Gasteiger partial charge is 0.466 e. The fraction of sp³-hybridized carbons (Fsp3) is 0.353. The maximum absolute atomic E-state index is 12.5. The Kier molecular flexibility index (Phi) is 5.99. The summed E-state index contributed by atoms with van der Waals surface area (Å²) >= 11 is 0. The van der Waals surface area contributed by atoms with Crippen LogP contribution >= 0.6 is 0 Å². The first kappa shape index (κ1) is 18.3. The topological polar surface area (TPSA) is 85.4 Å². The Morgan fingerprint density at radius 1 is 1.00 bits per heavy atom. The molecule has 0 radical (unpaired) electrons. The van der Waals surface area contributed by atoms with Gasteiger partial charge in [-0.3, -0.25) is 0 Å². The summed E-state index contributed by atoms with van der Waals surface area (Å²) in [5, 5.41) is 1.98. The van der Waals surface area contributed by atoms with E-state index in [0.717, 1.165) is 10.0 Å². The highest BCUT2D eigenvalue weighted by atomic mass is 16.6. The standard InChI is InChI=1S/C17H20N2O6/c1-4-24-16(21)18-11-13(15(20)23-3)14(12-9-7-6-8-10-12)19(18)17(22)25-5-2/h6-11,14H,4-5H2,1-3H3. The Balaban J connectivity index is 2.52. The van der Waals surface area contributed by atoms with E-state index in [2.05, 4.69) is 0 Å².